The zero-order chi connectivity index (χ0) is 17.1. The molecule has 0 aliphatic carbocycles. The Morgan fingerprint density at radius 3 is 2.75 bits per heavy atom. The first-order valence-electron chi connectivity index (χ1n) is 7.15. The molecule has 0 saturated carbocycles. The highest BCUT2D eigenvalue weighted by Crippen LogP contribution is 2.22. The molecule has 5 nitrogen and oxygen atoms in total. The van der Waals surface area contributed by atoms with Gasteiger partial charge in [0.05, 0.1) is 0 Å². The number of benzene rings is 2. The topological polar surface area (TPSA) is 65.7 Å². The van der Waals surface area contributed by atoms with Crippen LogP contribution in [0.4, 0.5) is 4.39 Å². The van der Waals surface area contributed by atoms with Gasteiger partial charge < -0.3 is 13.9 Å². The monoisotopic (exact) mass is 328 g/mol. The summed E-state index contributed by atoms with van der Waals surface area (Å²) in [7, 11) is 0. The summed E-state index contributed by atoms with van der Waals surface area (Å²) in [5, 5.41) is 0.747. The van der Waals surface area contributed by atoms with E-state index in [-0.39, 0.29) is 11.5 Å². The average molecular weight is 328 g/mol. The van der Waals surface area contributed by atoms with E-state index in [0.717, 1.165) is 10.9 Å². The fourth-order valence-electron chi connectivity index (χ4n) is 2.23. The molecule has 0 bridgehead atoms. The summed E-state index contributed by atoms with van der Waals surface area (Å²) in [6, 6.07) is 11.9. The third-order valence-electron chi connectivity index (χ3n) is 3.34. The predicted octanol–water partition coefficient (Wildman–Crippen LogP) is 3.22. The Morgan fingerprint density at radius 2 is 1.96 bits per heavy atom. The quantitative estimate of drug-likeness (QED) is 0.418. The molecule has 0 radical (unpaired) electrons. The second-order valence-corrected chi connectivity index (χ2v) is 5.10. The Balaban J connectivity index is 1.71. The number of rotatable bonds is 4. The molecule has 0 aliphatic rings. The third-order valence-corrected chi connectivity index (χ3v) is 3.34. The van der Waals surface area contributed by atoms with Crippen molar-refractivity contribution in [3.63, 3.8) is 0 Å². The number of para-hydroxylation sites is 1. The first kappa shape index (κ1) is 15.7. The lowest BCUT2D eigenvalue weighted by Gasteiger charge is -2.08. The van der Waals surface area contributed by atoms with E-state index in [1.807, 2.05) is 0 Å². The fraction of sp³-hybridized carbons (Fsp3) is 0.111. The van der Waals surface area contributed by atoms with Gasteiger partial charge in [-0.3, -0.25) is 0 Å². The molecule has 0 saturated heterocycles. The van der Waals surface area contributed by atoms with Crippen LogP contribution in [0.2, 0.25) is 0 Å². The molecule has 0 atom stereocenters. The van der Waals surface area contributed by atoms with E-state index >= 15 is 0 Å². The van der Waals surface area contributed by atoms with E-state index in [0.29, 0.717) is 5.58 Å². The normalized spacial score (nSPS) is 10.6. The Kier molecular flexibility index (Phi) is 4.29. The highest BCUT2D eigenvalue weighted by molar-refractivity contribution is 5.82. The second kappa shape index (κ2) is 6.54. The van der Waals surface area contributed by atoms with Gasteiger partial charge in [-0.1, -0.05) is 12.1 Å². The molecule has 3 aromatic rings. The lowest BCUT2D eigenvalue weighted by Crippen LogP contribution is -2.18. The molecule has 0 unspecified atom stereocenters. The van der Waals surface area contributed by atoms with Crippen LogP contribution in [0.1, 0.15) is 5.56 Å². The molecule has 0 amide bonds. The van der Waals surface area contributed by atoms with Crippen LogP contribution < -0.4 is 15.1 Å². The Bertz CT molecular complexity index is 961. The number of carbonyl (C=O) groups is 1. The maximum absolute atomic E-state index is 13.4. The van der Waals surface area contributed by atoms with Gasteiger partial charge in [0.1, 0.15) is 11.3 Å². The molecule has 122 valence electrons. The number of halogens is 1. The lowest BCUT2D eigenvalue weighted by molar-refractivity contribution is -0.136. The number of hydrogen-bond acceptors (Lipinski definition) is 5. The van der Waals surface area contributed by atoms with Crippen molar-refractivity contribution >= 4 is 16.9 Å². The first-order valence-corrected chi connectivity index (χ1v) is 7.15. The van der Waals surface area contributed by atoms with Crippen LogP contribution in [0, 0.1) is 12.7 Å². The number of esters is 1. The molecule has 1 heterocycles. The molecule has 6 heteroatoms. The molecule has 0 fully saturated rings. The van der Waals surface area contributed by atoms with Crippen LogP contribution in [-0.4, -0.2) is 12.6 Å². The van der Waals surface area contributed by atoms with Crippen molar-refractivity contribution in [2.45, 2.75) is 6.92 Å². The van der Waals surface area contributed by atoms with Gasteiger partial charge in [-0.25, -0.2) is 14.0 Å². The van der Waals surface area contributed by atoms with Gasteiger partial charge in [0, 0.05) is 17.5 Å². The lowest BCUT2D eigenvalue weighted by atomic mass is 10.1. The summed E-state index contributed by atoms with van der Waals surface area (Å²) in [5.74, 6) is -1.09. The van der Waals surface area contributed by atoms with Crippen LogP contribution in [-0.2, 0) is 4.79 Å². The molecule has 0 spiro atoms. The maximum atomic E-state index is 13.4. The average Bonchev–Trinajstić information content (AvgIpc) is 2.53. The van der Waals surface area contributed by atoms with Crippen molar-refractivity contribution in [1.29, 1.82) is 0 Å². The van der Waals surface area contributed by atoms with Crippen LogP contribution in [0.25, 0.3) is 11.0 Å². The van der Waals surface area contributed by atoms with Crippen molar-refractivity contribution in [1.82, 2.24) is 0 Å². The molecule has 2 aromatic carbocycles. The summed E-state index contributed by atoms with van der Waals surface area (Å²) >= 11 is 0. The van der Waals surface area contributed by atoms with E-state index in [9.17, 15) is 14.0 Å². The zero-order valence-electron chi connectivity index (χ0n) is 12.7. The Labute approximate surface area is 136 Å². The standard InChI is InChI=1S/C18H13FO5/c1-11-8-17(20)24-16-9-12(6-7-13(11)16)23-18(21)10-22-15-5-3-2-4-14(15)19/h2-9H,10H2,1H3. The summed E-state index contributed by atoms with van der Waals surface area (Å²) in [6.07, 6.45) is 0. The molecule has 1 aromatic heterocycles. The summed E-state index contributed by atoms with van der Waals surface area (Å²) < 4.78 is 28.7. The number of fused-ring (bicyclic) bond motifs is 1. The van der Waals surface area contributed by atoms with Gasteiger partial charge in [0.15, 0.2) is 18.2 Å². The van der Waals surface area contributed by atoms with Gasteiger partial charge in [-0.05, 0) is 36.8 Å². The first-order chi connectivity index (χ1) is 11.5. The summed E-state index contributed by atoms with van der Waals surface area (Å²) in [6.45, 7) is 1.34. The van der Waals surface area contributed by atoms with Crippen molar-refractivity contribution < 1.29 is 23.1 Å². The second-order valence-electron chi connectivity index (χ2n) is 5.10. The van der Waals surface area contributed by atoms with Crippen LogP contribution in [0.15, 0.2) is 57.7 Å². The summed E-state index contributed by atoms with van der Waals surface area (Å²) in [4.78, 5) is 23.2. The van der Waals surface area contributed by atoms with Gasteiger partial charge in [-0.2, -0.15) is 0 Å². The number of carbonyl (C=O) groups excluding carboxylic acids is 1. The molecular weight excluding hydrogens is 315 g/mol. The highest BCUT2D eigenvalue weighted by Gasteiger charge is 2.10. The number of ether oxygens (including phenoxy) is 2. The van der Waals surface area contributed by atoms with E-state index in [4.69, 9.17) is 13.9 Å². The van der Waals surface area contributed by atoms with Crippen molar-refractivity contribution in [2.24, 2.45) is 0 Å². The highest BCUT2D eigenvalue weighted by atomic mass is 19.1. The zero-order valence-corrected chi connectivity index (χ0v) is 12.7. The molecule has 24 heavy (non-hydrogen) atoms. The van der Waals surface area contributed by atoms with Gasteiger partial charge in [-0.15, -0.1) is 0 Å². The summed E-state index contributed by atoms with van der Waals surface area (Å²) in [5.41, 5.74) is 0.605. The fourth-order valence-corrected chi connectivity index (χ4v) is 2.23. The number of aryl methyl sites for hydroxylation is 1. The smallest absolute Gasteiger partial charge is 0.349 e. The molecular formula is C18H13FO5. The third kappa shape index (κ3) is 3.43. The van der Waals surface area contributed by atoms with E-state index in [2.05, 4.69) is 0 Å². The minimum absolute atomic E-state index is 0.0328. The van der Waals surface area contributed by atoms with Crippen LogP contribution in [0.5, 0.6) is 11.5 Å². The Morgan fingerprint density at radius 1 is 1.17 bits per heavy atom. The SMILES string of the molecule is Cc1cc(=O)oc2cc(OC(=O)COc3ccccc3F)ccc12. The van der Waals surface area contributed by atoms with Crippen molar-refractivity contribution in [3.05, 3.63) is 70.3 Å². The minimum Gasteiger partial charge on any atom is -0.479 e. The van der Waals surface area contributed by atoms with Crippen molar-refractivity contribution in [2.75, 3.05) is 6.61 Å². The van der Waals surface area contributed by atoms with E-state index in [1.54, 1.807) is 25.1 Å². The van der Waals surface area contributed by atoms with Crippen LogP contribution in [0.3, 0.4) is 0 Å². The largest absolute Gasteiger partial charge is 0.479 e. The number of hydrogen-bond donors (Lipinski definition) is 0. The maximum Gasteiger partial charge on any atom is 0.349 e. The van der Waals surface area contributed by atoms with Gasteiger partial charge >= 0.3 is 11.6 Å². The predicted molar refractivity (Wildman–Crippen MR) is 84.8 cm³/mol. The molecule has 0 aliphatic heterocycles. The minimum atomic E-state index is -0.701. The van der Waals surface area contributed by atoms with E-state index < -0.39 is 24.0 Å². The van der Waals surface area contributed by atoms with Gasteiger partial charge in [0.2, 0.25) is 0 Å². The van der Waals surface area contributed by atoms with Crippen LogP contribution >= 0.6 is 0 Å². The molecule has 3 rings (SSSR count). The van der Waals surface area contributed by atoms with Crippen molar-refractivity contribution in [3.8, 4) is 11.5 Å². The Hall–Kier alpha value is -3.15. The molecule has 0 N–H and O–H groups in total. The van der Waals surface area contributed by atoms with E-state index in [1.165, 1.54) is 30.3 Å². The van der Waals surface area contributed by atoms with Gasteiger partial charge in [0.25, 0.3) is 0 Å².